The van der Waals surface area contributed by atoms with Crippen molar-refractivity contribution in [2.24, 2.45) is 0 Å². The maximum absolute atomic E-state index is 14.6. The van der Waals surface area contributed by atoms with E-state index in [0.717, 1.165) is 26.6 Å². The van der Waals surface area contributed by atoms with Crippen LogP contribution in [0.15, 0.2) is 95.9 Å². The largest absolute Gasteiger partial charge is 0.352 e. The van der Waals surface area contributed by atoms with Crippen LogP contribution in [0.4, 0.5) is 5.69 Å². The van der Waals surface area contributed by atoms with Crippen molar-refractivity contribution < 1.29 is 18.0 Å². The summed E-state index contributed by atoms with van der Waals surface area (Å²) >= 11 is 13.2. The number of hydrogen-bond donors (Lipinski definition) is 1. The Hall–Kier alpha value is -3.85. The van der Waals surface area contributed by atoms with Crippen LogP contribution in [0.2, 0.25) is 10.0 Å². The smallest absolute Gasteiger partial charge is 0.264 e. The van der Waals surface area contributed by atoms with Gasteiger partial charge in [-0.15, -0.1) is 0 Å². The molecule has 0 aliphatic rings. The first-order chi connectivity index (χ1) is 21.8. The fourth-order valence-corrected chi connectivity index (χ4v) is 6.96. The summed E-state index contributed by atoms with van der Waals surface area (Å²) in [4.78, 5) is 29.9. The molecule has 0 unspecified atom stereocenters. The van der Waals surface area contributed by atoms with Crippen molar-refractivity contribution in [2.45, 2.75) is 64.6 Å². The summed E-state index contributed by atoms with van der Waals surface area (Å²) in [5.41, 5.74) is 4.36. The topological polar surface area (TPSA) is 86.8 Å². The molecule has 0 saturated carbocycles. The van der Waals surface area contributed by atoms with E-state index >= 15 is 0 Å². The van der Waals surface area contributed by atoms with E-state index in [-0.39, 0.29) is 29.8 Å². The first-order valence-electron chi connectivity index (χ1n) is 15.0. The number of amides is 2. The number of nitrogens with one attached hydrogen (secondary N) is 1. The fourth-order valence-electron chi connectivity index (χ4n) is 5.04. The third-order valence-electron chi connectivity index (χ3n) is 7.76. The van der Waals surface area contributed by atoms with Gasteiger partial charge in [-0.05, 0) is 87.7 Å². The summed E-state index contributed by atoms with van der Waals surface area (Å²) in [5.74, 6) is -0.973. The Morgan fingerprint density at radius 3 is 2.02 bits per heavy atom. The van der Waals surface area contributed by atoms with E-state index in [4.69, 9.17) is 23.2 Å². The van der Waals surface area contributed by atoms with E-state index in [2.05, 4.69) is 5.32 Å². The predicted octanol–water partition coefficient (Wildman–Crippen LogP) is 7.28. The molecule has 4 aromatic carbocycles. The first-order valence-corrected chi connectivity index (χ1v) is 17.2. The van der Waals surface area contributed by atoms with Gasteiger partial charge in [0.15, 0.2) is 0 Å². The van der Waals surface area contributed by atoms with Crippen LogP contribution in [-0.2, 0) is 32.6 Å². The number of anilines is 1. The Kier molecular flexibility index (Phi) is 11.5. The van der Waals surface area contributed by atoms with Gasteiger partial charge in [0.2, 0.25) is 11.8 Å². The molecule has 4 rings (SSSR count). The molecule has 0 bridgehead atoms. The number of hydrogen-bond acceptors (Lipinski definition) is 4. The molecule has 0 fully saturated rings. The summed E-state index contributed by atoms with van der Waals surface area (Å²) < 4.78 is 29.6. The maximum atomic E-state index is 14.6. The molecule has 0 aromatic heterocycles. The molecule has 7 nitrogen and oxygen atoms in total. The van der Waals surface area contributed by atoms with Gasteiger partial charge in [-0.25, -0.2) is 8.42 Å². The summed E-state index contributed by atoms with van der Waals surface area (Å²) in [6, 6.07) is 24.9. The molecule has 0 aliphatic heterocycles. The fraction of sp³-hybridized carbons (Fsp3) is 0.278. The van der Waals surface area contributed by atoms with E-state index in [1.165, 1.54) is 17.0 Å². The second-order valence-corrected chi connectivity index (χ2v) is 14.4. The minimum absolute atomic E-state index is 0.0446. The highest BCUT2D eigenvalue weighted by Crippen LogP contribution is 2.30. The second-order valence-electron chi connectivity index (χ2n) is 11.7. The molecule has 1 N–H and O–H groups in total. The number of carbonyl (C=O) groups excluding carboxylic acids is 2. The van der Waals surface area contributed by atoms with Crippen molar-refractivity contribution in [1.82, 2.24) is 10.2 Å². The average molecular weight is 681 g/mol. The molecule has 10 heteroatoms. The molecule has 1 atom stereocenters. The van der Waals surface area contributed by atoms with Gasteiger partial charge < -0.3 is 10.2 Å². The van der Waals surface area contributed by atoms with Crippen LogP contribution in [0.1, 0.15) is 41.7 Å². The van der Waals surface area contributed by atoms with Gasteiger partial charge in [-0.1, -0.05) is 83.4 Å². The van der Waals surface area contributed by atoms with Gasteiger partial charge in [-0.3, -0.25) is 13.9 Å². The summed E-state index contributed by atoms with van der Waals surface area (Å²) in [7, 11) is -4.21. The van der Waals surface area contributed by atoms with Crippen molar-refractivity contribution in [2.75, 3.05) is 10.8 Å². The van der Waals surface area contributed by atoms with Crippen molar-refractivity contribution in [3.05, 3.63) is 129 Å². The third-order valence-corrected chi connectivity index (χ3v) is 10.3. The molecular formula is C36H39Cl2N3O4S. The van der Waals surface area contributed by atoms with E-state index < -0.39 is 28.5 Å². The van der Waals surface area contributed by atoms with Gasteiger partial charge in [0.05, 0.1) is 10.6 Å². The quantitative estimate of drug-likeness (QED) is 0.171. The zero-order valence-corrected chi connectivity index (χ0v) is 29.0. The molecule has 0 saturated heterocycles. The number of rotatable bonds is 12. The Bertz CT molecular complexity index is 1780. The molecule has 4 aromatic rings. The SMILES string of the molecule is Cc1ccc(S(=O)(=O)N(CC(=O)N(Cc2c(Cl)cccc2Cl)[C@@H](Cc2ccccc2)C(=O)NC(C)C)c2ccc(C)c(C)c2)cc1. The molecule has 0 heterocycles. The van der Waals surface area contributed by atoms with Crippen LogP contribution in [0.25, 0.3) is 0 Å². The highest BCUT2D eigenvalue weighted by atomic mass is 35.5. The van der Waals surface area contributed by atoms with Gasteiger partial charge in [0.1, 0.15) is 12.6 Å². The Labute approximate surface area is 282 Å². The summed E-state index contributed by atoms with van der Waals surface area (Å²) in [6.07, 6.45) is 0.182. The van der Waals surface area contributed by atoms with Gasteiger partial charge >= 0.3 is 0 Å². The van der Waals surface area contributed by atoms with E-state index in [9.17, 15) is 18.0 Å². The van der Waals surface area contributed by atoms with Gasteiger partial charge in [0.25, 0.3) is 10.0 Å². The molecule has 46 heavy (non-hydrogen) atoms. The van der Waals surface area contributed by atoms with Gasteiger partial charge in [-0.2, -0.15) is 0 Å². The molecule has 0 spiro atoms. The monoisotopic (exact) mass is 679 g/mol. The van der Waals surface area contributed by atoms with Crippen molar-refractivity contribution in [1.29, 1.82) is 0 Å². The number of nitrogens with zero attached hydrogens (tertiary/aromatic N) is 2. The maximum Gasteiger partial charge on any atom is 0.264 e. The summed E-state index contributed by atoms with van der Waals surface area (Å²) in [5, 5.41) is 3.59. The lowest BCUT2D eigenvalue weighted by molar-refractivity contribution is -0.140. The predicted molar refractivity (Wildman–Crippen MR) is 186 cm³/mol. The molecule has 0 radical (unpaired) electrons. The van der Waals surface area contributed by atoms with Crippen molar-refractivity contribution in [3.63, 3.8) is 0 Å². The Morgan fingerprint density at radius 1 is 0.804 bits per heavy atom. The van der Waals surface area contributed by atoms with Crippen LogP contribution >= 0.6 is 23.2 Å². The Morgan fingerprint density at radius 2 is 1.43 bits per heavy atom. The van der Waals surface area contributed by atoms with Crippen LogP contribution in [-0.4, -0.2) is 43.8 Å². The Balaban J connectivity index is 1.86. The lowest BCUT2D eigenvalue weighted by Crippen LogP contribution is -2.54. The normalized spacial score (nSPS) is 12.1. The molecule has 242 valence electrons. The highest BCUT2D eigenvalue weighted by molar-refractivity contribution is 7.92. The first kappa shape index (κ1) is 35.0. The standard InChI is InChI=1S/C36H39Cl2N3O4S/c1-24(2)39-36(43)34(21-28-10-7-6-8-11-28)40(22-31-32(37)12-9-13-33(31)38)35(42)23-41(29-17-16-26(4)27(5)20-29)46(44,45)30-18-14-25(3)15-19-30/h6-20,24,34H,21-23H2,1-5H3,(H,39,43)/t34-/m0/s1. The highest BCUT2D eigenvalue weighted by Gasteiger charge is 2.35. The third kappa shape index (κ3) is 8.49. The van der Waals surface area contributed by atoms with E-state index in [1.807, 2.05) is 71.0 Å². The van der Waals surface area contributed by atoms with Crippen LogP contribution < -0.4 is 9.62 Å². The van der Waals surface area contributed by atoms with Crippen molar-refractivity contribution in [3.8, 4) is 0 Å². The lowest BCUT2D eigenvalue weighted by Gasteiger charge is -2.34. The number of aryl methyl sites for hydroxylation is 3. The van der Waals surface area contributed by atoms with Crippen LogP contribution in [0, 0.1) is 20.8 Å². The number of carbonyl (C=O) groups is 2. The molecular weight excluding hydrogens is 641 g/mol. The number of sulfonamides is 1. The summed E-state index contributed by atoms with van der Waals surface area (Å²) in [6.45, 7) is 8.67. The van der Waals surface area contributed by atoms with E-state index in [1.54, 1.807) is 42.5 Å². The van der Waals surface area contributed by atoms with Crippen LogP contribution in [0.5, 0.6) is 0 Å². The molecule has 0 aliphatic carbocycles. The average Bonchev–Trinajstić information content (AvgIpc) is 3.00. The van der Waals surface area contributed by atoms with Crippen LogP contribution in [0.3, 0.4) is 0 Å². The minimum Gasteiger partial charge on any atom is -0.352 e. The number of halogens is 2. The zero-order valence-electron chi connectivity index (χ0n) is 26.6. The van der Waals surface area contributed by atoms with Crippen molar-refractivity contribution >= 4 is 50.7 Å². The van der Waals surface area contributed by atoms with E-state index in [0.29, 0.717) is 21.3 Å². The second kappa shape index (κ2) is 15.2. The zero-order chi connectivity index (χ0) is 33.6. The lowest BCUT2D eigenvalue weighted by atomic mass is 10.0. The van der Waals surface area contributed by atoms with Gasteiger partial charge in [0, 0.05) is 34.6 Å². The minimum atomic E-state index is -4.21. The number of benzene rings is 4. The molecule has 2 amide bonds.